The molecule has 3 aliphatic heterocycles. The highest BCUT2D eigenvalue weighted by molar-refractivity contribution is 5.96. The molecule has 3 saturated heterocycles. The van der Waals surface area contributed by atoms with E-state index in [2.05, 4.69) is 32.7 Å². The predicted molar refractivity (Wildman–Crippen MR) is 227 cm³/mol. The summed E-state index contributed by atoms with van der Waals surface area (Å²) in [6, 6.07) is -5.77. The highest BCUT2D eigenvalue weighted by Crippen LogP contribution is 2.20. The zero-order chi connectivity index (χ0) is 47.3. The SMILES string of the molecule is CC[C@H](C)[C@H]1C(=O)NC[C@@H]([NH3+])C(=O)N2CCCC[C@H]2C(=O)NCC(=O)N(C)CC(=O)N(C)[C@@H](C(C)C)C(=O)NC[C@@H]([NH3+])C(=O)N2CCCC[C@H]2C(=O)NCC(=O)N(C)CC(=O)N1C.[Cl-].[Cl-]. The number of carbonyl (C=O) groups excluding carboxylic acids is 10. The molecule has 10 N–H and O–H groups in total. The van der Waals surface area contributed by atoms with Gasteiger partial charge in [0.05, 0.1) is 39.3 Å². The van der Waals surface area contributed by atoms with Gasteiger partial charge in [-0.25, -0.2) is 0 Å². The Balaban J connectivity index is 0.0000106. The molecule has 3 heterocycles. The van der Waals surface area contributed by atoms with Crippen LogP contribution in [0.1, 0.15) is 72.6 Å². The molecule has 0 bridgehead atoms. The van der Waals surface area contributed by atoms with Crippen molar-refractivity contribution < 1.29 is 84.2 Å². The van der Waals surface area contributed by atoms with Crippen molar-refractivity contribution in [3.8, 4) is 0 Å². The minimum atomic E-state index is -1.000. The quantitative estimate of drug-likeness (QED) is 0.155. The molecule has 3 aliphatic rings. The second kappa shape index (κ2) is 27.0. The smallest absolute Gasteiger partial charge is 0.283 e. The molecule has 22 nitrogen and oxygen atoms in total. The van der Waals surface area contributed by atoms with Gasteiger partial charge in [-0.3, -0.25) is 47.9 Å². The maximum Gasteiger partial charge on any atom is 0.283 e. The summed E-state index contributed by atoms with van der Waals surface area (Å²) < 4.78 is 0. The summed E-state index contributed by atoms with van der Waals surface area (Å²) in [5.41, 5.74) is 7.91. The van der Waals surface area contributed by atoms with Crippen molar-refractivity contribution in [2.75, 3.05) is 80.5 Å². The molecule has 0 aromatic rings. The Morgan fingerprint density at radius 2 is 0.908 bits per heavy atom. The average molecular weight is 964 g/mol. The molecule has 0 aromatic heterocycles. The maximum atomic E-state index is 13.7. The third-order valence-corrected chi connectivity index (χ3v) is 12.3. The van der Waals surface area contributed by atoms with Gasteiger partial charge in [0.1, 0.15) is 24.2 Å². The number of nitrogens with one attached hydrogen (secondary N) is 4. The largest absolute Gasteiger partial charge is 1.00 e. The van der Waals surface area contributed by atoms with Gasteiger partial charge >= 0.3 is 0 Å². The molecule has 24 heteroatoms. The van der Waals surface area contributed by atoms with Crippen LogP contribution >= 0.6 is 0 Å². The molecule has 3 rings (SSSR count). The Morgan fingerprint density at radius 3 is 1.28 bits per heavy atom. The number of hydrogen-bond acceptors (Lipinski definition) is 10. The lowest BCUT2D eigenvalue weighted by molar-refractivity contribution is -0.403. The highest BCUT2D eigenvalue weighted by Gasteiger charge is 2.40. The van der Waals surface area contributed by atoms with Gasteiger partial charge in [-0.1, -0.05) is 34.1 Å². The molecule has 370 valence electrons. The van der Waals surface area contributed by atoms with Gasteiger partial charge in [-0.05, 0) is 50.4 Å². The van der Waals surface area contributed by atoms with Gasteiger partial charge in [0.25, 0.3) is 11.8 Å². The van der Waals surface area contributed by atoms with E-state index in [1.807, 2.05) is 6.92 Å². The van der Waals surface area contributed by atoms with Gasteiger partial charge in [-0.15, -0.1) is 0 Å². The van der Waals surface area contributed by atoms with Crippen LogP contribution in [-0.4, -0.2) is 205 Å². The zero-order valence-corrected chi connectivity index (χ0v) is 40.7. The molecule has 0 aliphatic carbocycles. The standard InChI is InChI=1S/C41H70N12O10.2ClH/c1-9-25(4)35-39(61)45-19-27(43)41(63)53-17-13-11-15-29(53)37(59)46-20-30(54)48(5)22-32(56)50(7)34(24(2)3)38(60)44-18-26(42)40(62)52-16-12-10-14-28(52)36(58)47-21-31(55)49(6)23-33(57)51(35)8;;/h24-29,34-35H,9-23,42-43H2,1-8H3,(H,44,60)(H,45,61)(H,46,59)(H,47,58);2*1H/t25-,26+,27+,28-,29-,34-,35-;;/m0../s1. The fraction of sp³-hybridized carbons (Fsp3) is 0.756. The minimum Gasteiger partial charge on any atom is -1.00 e. The Labute approximate surface area is 394 Å². The lowest BCUT2D eigenvalue weighted by Crippen LogP contribution is -3.00. The first kappa shape index (κ1) is 58.2. The number of nitrogens with zero attached hydrogens (tertiary/aromatic N) is 6. The Morgan fingerprint density at radius 1 is 0.538 bits per heavy atom. The van der Waals surface area contributed by atoms with Crippen molar-refractivity contribution in [2.45, 2.75) is 109 Å². The van der Waals surface area contributed by atoms with E-state index < -0.39 is 122 Å². The molecule has 0 spiro atoms. The molecular formula is C41H72Cl2N12O10. The zero-order valence-electron chi connectivity index (χ0n) is 39.2. The maximum absolute atomic E-state index is 13.7. The van der Waals surface area contributed by atoms with Gasteiger partial charge in [0, 0.05) is 41.3 Å². The topological polar surface area (TPSA) is 294 Å². The molecule has 7 atom stereocenters. The van der Waals surface area contributed by atoms with E-state index in [1.54, 1.807) is 20.8 Å². The second-order valence-corrected chi connectivity index (χ2v) is 17.4. The third kappa shape index (κ3) is 15.7. The van der Waals surface area contributed by atoms with Crippen molar-refractivity contribution in [3.05, 3.63) is 0 Å². The fourth-order valence-electron chi connectivity index (χ4n) is 8.15. The summed E-state index contributed by atoms with van der Waals surface area (Å²) >= 11 is 0. The second-order valence-electron chi connectivity index (χ2n) is 17.4. The van der Waals surface area contributed by atoms with Crippen LogP contribution in [0.5, 0.6) is 0 Å². The van der Waals surface area contributed by atoms with E-state index in [-0.39, 0.29) is 62.8 Å². The van der Waals surface area contributed by atoms with E-state index in [9.17, 15) is 47.9 Å². The molecule has 0 saturated carbocycles. The van der Waals surface area contributed by atoms with Crippen molar-refractivity contribution >= 4 is 59.1 Å². The average Bonchev–Trinajstić information content (AvgIpc) is 3.26. The molecule has 0 radical (unpaired) electrons. The summed E-state index contributed by atoms with van der Waals surface area (Å²) in [4.78, 5) is 142. The van der Waals surface area contributed by atoms with E-state index in [1.165, 1.54) is 47.8 Å². The summed E-state index contributed by atoms with van der Waals surface area (Å²) in [6.45, 7) is 5.50. The molecule has 0 aromatic carbocycles. The van der Waals surface area contributed by atoms with Crippen LogP contribution in [0.4, 0.5) is 0 Å². The predicted octanol–water partition coefficient (Wildman–Crippen LogP) is -11.3. The van der Waals surface area contributed by atoms with Gasteiger partial charge in [-0.2, -0.15) is 0 Å². The van der Waals surface area contributed by atoms with Crippen LogP contribution in [0.15, 0.2) is 0 Å². The molecule has 65 heavy (non-hydrogen) atoms. The summed E-state index contributed by atoms with van der Waals surface area (Å²) in [7, 11) is 5.66. The number of piperidine rings is 2. The summed E-state index contributed by atoms with van der Waals surface area (Å²) in [6.07, 6.45) is 3.73. The highest BCUT2D eigenvalue weighted by atomic mass is 35.5. The minimum absolute atomic E-state index is 0. The first-order valence-corrected chi connectivity index (χ1v) is 22.0. The lowest BCUT2D eigenvalue weighted by atomic mass is 9.96. The van der Waals surface area contributed by atoms with Gasteiger partial charge in [0.2, 0.25) is 47.3 Å². The number of amides is 10. The van der Waals surface area contributed by atoms with Crippen LogP contribution in [0.25, 0.3) is 0 Å². The Kier molecular flexibility index (Phi) is 24.2. The van der Waals surface area contributed by atoms with Crippen LogP contribution in [0.3, 0.4) is 0 Å². The first-order chi connectivity index (χ1) is 29.6. The number of carbonyl (C=O) groups is 10. The number of likely N-dealkylation sites (N-methyl/N-ethyl adjacent to an activating group) is 4. The number of hydrogen-bond donors (Lipinski definition) is 6. The molecule has 0 unspecified atom stereocenters. The van der Waals surface area contributed by atoms with E-state index in [4.69, 9.17) is 0 Å². The number of halogens is 2. The van der Waals surface area contributed by atoms with Crippen LogP contribution in [-0.2, 0) is 47.9 Å². The van der Waals surface area contributed by atoms with Crippen LogP contribution < -0.4 is 57.5 Å². The van der Waals surface area contributed by atoms with Gasteiger partial charge < -0.3 is 86.9 Å². The first-order valence-electron chi connectivity index (χ1n) is 22.0. The van der Waals surface area contributed by atoms with E-state index in [0.29, 0.717) is 44.9 Å². The molecular weight excluding hydrogens is 891 g/mol. The summed E-state index contributed by atoms with van der Waals surface area (Å²) in [5.74, 6) is -6.16. The molecule has 10 amide bonds. The third-order valence-electron chi connectivity index (χ3n) is 12.3. The number of rotatable bonds is 3. The normalized spacial score (nSPS) is 27.2. The van der Waals surface area contributed by atoms with Crippen molar-refractivity contribution in [1.82, 2.24) is 50.7 Å². The number of fused-ring (bicyclic) bond motifs is 2. The summed E-state index contributed by atoms with van der Waals surface area (Å²) in [5, 5.41) is 10.7. The van der Waals surface area contributed by atoms with Crippen molar-refractivity contribution in [2.24, 2.45) is 11.8 Å². The van der Waals surface area contributed by atoms with Crippen molar-refractivity contribution in [1.29, 1.82) is 0 Å². The number of quaternary nitrogens is 2. The monoisotopic (exact) mass is 962 g/mol. The van der Waals surface area contributed by atoms with Gasteiger partial charge in [0.15, 0.2) is 12.1 Å². The van der Waals surface area contributed by atoms with Crippen molar-refractivity contribution in [3.63, 3.8) is 0 Å². The Hall–Kier alpha value is -4.80. The molecule has 3 fully saturated rings. The van der Waals surface area contributed by atoms with Crippen LogP contribution in [0, 0.1) is 11.8 Å². The van der Waals surface area contributed by atoms with Crippen LogP contribution in [0.2, 0.25) is 0 Å². The van der Waals surface area contributed by atoms with E-state index in [0.717, 1.165) is 9.80 Å². The Bertz CT molecular complexity index is 1720. The van der Waals surface area contributed by atoms with E-state index >= 15 is 0 Å². The fourth-order valence-corrected chi connectivity index (χ4v) is 8.15. The lowest BCUT2D eigenvalue weighted by Gasteiger charge is -2.36.